The van der Waals surface area contributed by atoms with Crippen molar-refractivity contribution in [2.75, 3.05) is 6.61 Å². The highest BCUT2D eigenvalue weighted by molar-refractivity contribution is 5.85. The van der Waals surface area contributed by atoms with Crippen LogP contribution in [0.3, 0.4) is 0 Å². The van der Waals surface area contributed by atoms with Crippen molar-refractivity contribution in [3.8, 4) is 5.75 Å². The summed E-state index contributed by atoms with van der Waals surface area (Å²) in [5.74, 6) is -0.317. The minimum Gasteiger partial charge on any atom is -0.484 e. The molecule has 0 fully saturated rings. The number of amides is 1. The molecule has 4 nitrogen and oxygen atoms in total. The summed E-state index contributed by atoms with van der Waals surface area (Å²) in [5.41, 5.74) is 5.00. The predicted molar refractivity (Wildman–Crippen MR) is 68.1 cm³/mol. The zero-order valence-corrected chi connectivity index (χ0v) is 11.3. The first kappa shape index (κ1) is 16.3. The van der Waals surface area contributed by atoms with E-state index in [4.69, 9.17) is 10.5 Å². The maximum atomic E-state index is 12.1. The van der Waals surface area contributed by atoms with Gasteiger partial charge in [-0.3, -0.25) is 4.79 Å². The molecule has 1 rings (SSSR count). The summed E-state index contributed by atoms with van der Waals surface area (Å²) in [6, 6.07) is 6.20. The van der Waals surface area contributed by atoms with Crippen molar-refractivity contribution in [3.05, 3.63) is 29.8 Å². The van der Waals surface area contributed by atoms with Gasteiger partial charge in [-0.15, -0.1) is 0 Å². The van der Waals surface area contributed by atoms with E-state index >= 15 is 0 Å². The van der Waals surface area contributed by atoms with E-state index in [2.05, 4.69) is 5.32 Å². The standard InChI is InChI=1S/C13H17F3N2O2/c1-12(2,17)11(19)18-7-9-5-3-4-6-10(9)20-8-13(14,15)16/h3-6H,7-8,17H2,1-2H3,(H,18,19). The van der Waals surface area contributed by atoms with Gasteiger partial charge in [0.1, 0.15) is 5.75 Å². The van der Waals surface area contributed by atoms with Gasteiger partial charge in [-0.2, -0.15) is 13.2 Å². The number of nitrogens with one attached hydrogen (secondary N) is 1. The summed E-state index contributed by atoms with van der Waals surface area (Å²) >= 11 is 0. The second-order valence-corrected chi connectivity index (χ2v) is 4.92. The number of hydrogen-bond acceptors (Lipinski definition) is 3. The number of nitrogens with two attached hydrogens (primary N) is 1. The minimum atomic E-state index is -4.41. The number of alkyl halides is 3. The third kappa shape index (κ3) is 5.48. The van der Waals surface area contributed by atoms with Crippen LogP contribution in [0.5, 0.6) is 5.75 Å². The van der Waals surface area contributed by atoms with E-state index in [1.54, 1.807) is 18.2 Å². The summed E-state index contributed by atoms with van der Waals surface area (Å²) < 4.78 is 41.1. The van der Waals surface area contributed by atoms with Gasteiger partial charge in [0, 0.05) is 12.1 Å². The fourth-order valence-corrected chi connectivity index (χ4v) is 1.35. The normalized spacial score (nSPS) is 12.1. The fraction of sp³-hybridized carbons (Fsp3) is 0.462. The summed E-state index contributed by atoms with van der Waals surface area (Å²) in [7, 11) is 0. The summed E-state index contributed by atoms with van der Waals surface area (Å²) in [5, 5.41) is 2.55. The first-order chi connectivity index (χ1) is 9.09. The summed E-state index contributed by atoms with van der Waals surface area (Å²) in [4.78, 5) is 11.6. The maximum absolute atomic E-state index is 12.1. The lowest BCUT2D eigenvalue weighted by Crippen LogP contribution is -2.48. The lowest BCUT2D eigenvalue weighted by molar-refractivity contribution is -0.153. The molecular weight excluding hydrogens is 273 g/mol. The van der Waals surface area contributed by atoms with Gasteiger partial charge in [-0.1, -0.05) is 18.2 Å². The van der Waals surface area contributed by atoms with Crippen molar-refractivity contribution in [3.63, 3.8) is 0 Å². The van der Waals surface area contributed by atoms with Crippen LogP contribution >= 0.6 is 0 Å². The van der Waals surface area contributed by atoms with Crippen molar-refractivity contribution >= 4 is 5.91 Å². The van der Waals surface area contributed by atoms with E-state index in [1.807, 2.05) is 0 Å². The zero-order valence-electron chi connectivity index (χ0n) is 11.3. The monoisotopic (exact) mass is 290 g/mol. The van der Waals surface area contributed by atoms with Crippen LogP contribution in [0, 0.1) is 0 Å². The first-order valence-corrected chi connectivity index (χ1v) is 5.94. The fourth-order valence-electron chi connectivity index (χ4n) is 1.35. The van der Waals surface area contributed by atoms with Crippen LogP contribution < -0.4 is 15.8 Å². The summed E-state index contributed by atoms with van der Waals surface area (Å²) in [6.45, 7) is 1.75. The second kappa shape index (κ2) is 6.13. The Morgan fingerprint density at radius 1 is 1.30 bits per heavy atom. The van der Waals surface area contributed by atoms with E-state index in [0.29, 0.717) is 5.56 Å². The van der Waals surface area contributed by atoms with Crippen molar-refractivity contribution in [2.45, 2.75) is 32.1 Å². The number of ether oxygens (including phenoxy) is 1. The van der Waals surface area contributed by atoms with E-state index in [9.17, 15) is 18.0 Å². The molecule has 20 heavy (non-hydrogen) atoms. The Kier molecular flexibility index (Phi) is 4.99. The Balaban J connectivity index is 2.69. The lowest BCUT2D eigenvalue weighted by Gasteiger charge is -2.19. The highest BCUT2D eigenvalue weighted by atomic mass is 19.4. The van der Waals surface area contributed by atoms with Crippen molar-refractivity contribution in [1.29, 1.82) is 0 Å². The third-order valence-corrected chi connectivity index (χ3v) is 2.39. The number of carbonyl (C=O) groups excluding carboxylic acids is 1. The molecule has 1 amide bonds. The van der Waals surface area contributed by atoms with Gasteiger partial charge in [-0.05, 0) is 19.9 Å². The molecule has 0 radical (unpaired) electrons. The Hall–Kier alpha value is -1.76. The largest absolute Gasteiger partial charge is 0.484 e. The molecule has 0 aliphatic rings. The number of para-hydroxylation sites is 1. The van der Waals surface area contributed by atoms with Crippen LogP contribution in [0.1, 0.15) is 19.4 Å². The van der Waals surface area contributed by atoms with Crippen molar-refractivity contribution in [2.24, 2.45) is 5.73 Å². The minimum absolute atomic E-state index is 0.0491. The van der Waals surface area contributed by atoms with Gasteiger partial charge in [0.05, 0.1) is 5.54 Å². The van der Waals surface area contributed by atoms with Gasteiger partial charge in [0.25, 0.3) is 0 Å². The number of rotatable bonds is 5. The van der Waals surface area contributed by atoms with Gasteiger partial charge in [0.15, 0.2) is 6.61 Å². The van der Waals surface area contributed by atoms with Crippen molar-refractivity contribution < 1.29 is 22.7 Å². The molecule has 7 heteroatoms. The van der Waals surface area contributed by atoms with E-state index in [-0.39, 0.29) is 12.3 Å². The molecule has 3 N–H and O–H groups in total. The van der Waals surface area contributed by atoms with Crippen LogP contribution in [-0.2, 0) is 11.3 Å². The van der Waals surface area contributed by atoms with Gasteiger partial charge < -0.3 is 15.8 Å². The molecule has 112 valence electrons. The Bertz CT molecular complexity index is 467. The first-order valence-electron chi connectivity index (χ1n) is 5.94. The molecule has 0 bridgehead atoms. The Morgan fingerprint density at radius 2 is 1.90 bits per heavy atom. The van der Waals surface area contributed by atoms with Crippen LogP contribution in [-0.4, -0.2) is 24.2 Å². The molecule has 0 aromatic heterocycles. The smallest absolute Gasteiger partial charge is 0.422 e. The van der Waals surface area contributed by atoms with E-state index in [1.165, 1.54) is 19.9 Å². The van der Waals surface area contributed by atoms with Crippen molar-refractivity contribution in [1.82, 2.24) is 5.32 Å². The maximum Gasteiger partial charge on any atom is 0.422 e. The number of carbonyl (C=O) groups is 1. The van der Waals surface area contributed by atoms with Gasteiger partial charge in [-0.25, -0.2) is 0 Å². The summed E-state index contributed by atoms with van der Waals surface area (Å²) in [6.07, 6.45) is -4.41. The Labute approximate surface area is 115 Å². The van der Waals surface area contributed by atoms with Crippen LogP contribution in [0.2, 0.25) is 0 Å². The number of hydrogen-bond donors (Lipinski definition) is 2. The zero-order chi connectivity index (χ0) is 15.4. The molecule has 0 saturated heterocycles. The average Bonchev–Trinajstić information content (AvgIpc) is 2.32. The highest BCUT2D eigenvalue weighted by Gasteiger charge is 2.29. The molecule has 0 aliphatic carbocycles. The SMILES string of the molecule is CC(C)(N)C(=O)NCc1ccccc1OCC(F)(F)F. The quantitative estimate of drug-likeness (QED) is 0.871. The Morgan fingerprint density at radius 3 is 2.45 bits per heavy atom. The second-order valence-electron chi connectivity index (χ2n) is 4.92. The van der Waals surface area contributed by atoms with Gasteiger partial charge >= 0.3 is 6.18 Å². The number of benzene rings is 1. The molecule has 0 atom stereocenters. The molecule has 1 aromatic rings. The lowest BCUT2D eigenvalue weighted by atomic mass is 10.1. The van der Waals surface area contributed by atoms with E-state index < -0.39 is 24.2 Å². The molecule has 0 saturated carbocycles. The topological polar surface area (TPSA) is 64.4 Å². The predicted octanol–water partition coefficient (Wildman–Crippen LogP) is 1.98. The molecule has 0 unspecified atom stereocenters. The van der Waals surface area contributed by atoms with Crippen LogP contribution in [0.4, 0.5) is 13.2 Å². The molecule has 0 heterocycles. The number of halogens is 3. The third-order valence-electron chi connectivity index (χ3n) is 2.39. The molecular formula is C13H17F3N2O2. The molecule has 0 aliphatic heterocycles. The highest BCUT2D eigenvalue weighted by Crippen LogP contribution is 2.22. The molecule has 0 spiro atoms. The van der Waals surface area contributed by atoms with Crippen LogP contribution in [0.15, 0.2) is 24.3 Å². The molecule has 1 aromatic carbocycles. The van der Waals surface area contributed by atoms with Crippen LogP contribution in [0.25, 0.3) is 0 Å². The van der Waals surface area contributed by atoms with E-state index in [0.717, 1.165) is 0 Å². The average molecular weight is 290 g/mol. The van der Waals surface area contributed by atoms with Gasteiger partial charge in [0.2, 0.25) is 5.91 Å².